The summed E-state index contributed by atoms with van der Waals surface area (Å²) in [4.78, 5) is 12.5. The van der Waals surface area contributed by atoms with Gasteiger partial charge < -0.3 is 10.2 Å². The van der Waals surface area contributed by atoms with E-state index in [0.29, 0.717) is 11.1 Å². The van der Waals surface area contributed by atoms with E-state index in [0.717, 1.165) is 9.79 Å². The zero-order valence-corrected chi connectivity index (χ0v) is 11.2. The monoisotopic (exact) mass is 285 g/mol. The van der Waals surface area contributed by atoms with Crippen LogP contribution in [0.1, 0.15) is 11.1 Å². The highest BCUT2D eigenvalue weighted by Crippen LogP contribution is 2.32. The molecule has 0 bridgehead atoms. The number of rotatable bonds is 4. The third-order valence-electron chi connectivity index (χ3n) is 2.60. The van der Waals surface area contributed by atoms with Gasteiger partial charge in [0.05, 0.1) is 18.1 Å². The molecule has 100 valence electrons. The van der Waals surface area contributed by atoms with Crippen molar-refractivity contribution in [2.75, 3.05) is 0 Å². The minimum Gasteiger partial charge on any atom is -0.508 e. The Morgan fingerprint density at radius 1 is 1.20 bits per heavy atom. The predicted molar refractivity (Wildman–Crippen MR) is 74.7 cm³/mol. The van der Waals surface area contributed by atoms with Crippen LogP contribution < -0.4 is 0 Å². The lowest BCUT2D eigenvalue weighted by molar-refractivity contribution is -0.136. The van der Waals surface area contributed by atoms with Gasteiger partial charge in [0, 0.05) is 9.79 Å². The summed E-state index contributed by atoms with van der Waals surface area (Å²) in [6.07, 6.45) is -0.146. The fourth-order valence-corrected chi connectivity index (χ4v) is 2.62. The molecule has 4 nitrogen and oxygen atoms in total. The molecule has 2 aromatic carbocycles. The normalized spacial score (nSPS) is 9.95. The Balaban J connectivity index is 2.27. The molecule has 0 aromatic heterocycles. The Bertz CT molecular complexity index is 675. The van der Waals surface area contributed by atoms with Gasteiger partial charge in [-0.2, -0.15) is 5.26 Å². The molecule has 2 N–H and O–H groups in total. The average molecular weight is 285 g/mol. The number of carbonyl (C=O) groups is 1. The first kappa shape index (κ1) is 14.0. The lowest BCUT2D eigenvalue weighted by atomic mass is 10.1. The predicted octanol–water partition coefficient (Wildman–Crippen LogP) is 3.04. The van der Waals surface area contributed by atoms with Gasteiger partial charge in [-0.25, -0.2) is 0 Å². The van der Waals surface area contributed by atoms with Crippen LogP contribution in [-0.2, 0) is 11.2 Å². The maximum atomic E-state index is 10.8. The largest absolute Gasteiger partial charge is 0.508 e. The van der Waals surface area contributed by atoms with Gasteiger partial charge in [0.15, 0.2) is 0 Å². The van der Waals surface area contributed by atoms with Gasteiger partial charge >= 0.3 is 5.97 Å². The van der Waals surface area contributed by atoms with Crippen molar-refractivity contribution < 1.29 is 15.0 Å². The number of nitrogens with zero attached hydrogens (tertiary/aromatic N) is 1. The second-order valence-electron chi connectivity index (χ2n) is 4.10. The summed E-state index contributed by atoms with van der Waals surface area (Å²) in [6, 6.07) is 13.7. The van der Waals surface area contributed by atoms with Crippen LogP contribution in [0.5, 0.6) is 5.75 Å². The number of aliphatic carboxylic acids is 1. The van der Waals surface area contributed by atoms with Gasteiger partial charge in [0.2, 0.25) is 0 Å². The van der Waals surface area contributed by atoms with Crippen molar-refractivity contribution in [3.05, 3.63) is 53.6 Å². The van der Waals surface area contributed by atoms with E-state index >= 15 is 0 Å². The highest BCUT2D eigenvalue weighted by molar-refractivity contribution is 7.99. The number of phenolic OH excluding ortho intramolecular Hbond substituents is 1. The SMILES string of the molecule is N#Cc1ccc(Sc2ccc(O)cc2CC(=O)O)cc1. The van der Waals surface area contributed by atoms with E-state index < -0.39 is 5.97 Å². The Morgan fingerprint density at radius 3 is 2.50 bits per heavy atom. The first-order valence-corrected chi connectivity index (χ1v) is 6.62. The van der Waals surface area contributed by atoms with Gasteiger partial charge in [-0.3, -0.25) is 4.79 Å². The smallest absolute Gasteiger partial charge is 0.307 e. The van der Waals surface area contributed by atoms with E-state index in [4.69, 9.17) is 10.4 Å². The summed E-state index contributed by atoms with van der Waals surface area (Å²) >= 11 is 1.40. The highest BCUT2D eigenvalue weighted by atomic mass is 32.2. The van der Waals surface area contributed by atoms with Crippen molar-refractivity contribution in [1.82, 2.24) is 0 Å². The molecule has 0 fully saturated rings. The molecule has 0 heterocycles. The second kappa shape index (κ2) is 6.13. The number of hydrogen-bond acceptors (Lipinski definition) is 4. The average Bonchev–Trinajstić information content (AvgIpc) is 2.42. The second-order valence-corrected chi connectivity index (χ2v) is 5.22. The van der Waals surface area contributed by atoms with Crippen LogP contribution >= 0.6 is 11.8 Å². The standard InChI is InChI=1S/C15H11NO3S/c16-9-10-1-4-13(5-2-10)20-14-6-3-12(17)7-11(14)8-15(18)19/h1-7,17H,8H2,(H,18,19). The third-order valence-corrected chi connectivity index (χ3v) is 3.72. The van der Waals surface area contributed by atoms with Crippen LogP contribution in [0, 0.1) is 11.3 Å². The summed E-state index contributed by atoms with van der Waals surface area (Å²) in [5.41, 5.74) is 1.14. The lowest BCUT2D eigenvalue weighted by Crippen LogP contribution is -2.01. The van der Waals surface area contributed by atoms with Crippen molar-refractivity contribution in [2.45, 2.75) is 16.2 Å². The van der Waals surface area contributed by atoms with E-state index in [1.165, 1.54) is 23.9 Å². The number of phenols is 1. The van der Waals surface area contributed by atoms with Crippen molar-refractivity contribution in [3.63, 3.8) is 0 Å². The van der Waals surface area contributed by atoms with Gasteiger partial charge in [-0.1, -0.05) is 11.8 Å². The highest BCUT2D eigenvalue weighted by Gasteiger charge is 2.09. The summed E-state index contributed by atoms with van der Waals surface area (Å²) in [5.74, 6) is -0.900. The van der Waals surface area contributed by atoms with Crippen molar-refractivity contribution in [2.24, 2.45) is 0 Å². The zero-order valence-electron chi connectivity index (χ0n) is 10.4. The fraction of sp³-hybridized carbons (Fsp3) is 0.0667. The molecule has 0 amide bonds. The molecule has 0 radical (unpaired) electrons. The Kier molecular flexibility index (Phi) is 4.28. The van der Waals surface area contributed by atoms with E-state index in [1.807, 2.05) is 6.07 Å². The van der Waals surface area contributed by atoms with E-state index in [9.17, 15) is 9.90 Å². The van der Waals surface area contributed by atoms with Crippen LogP contribution in [-0.4, -0.2) is 16.2 Å². The van der Waals surface area contributed by atoms with Gasteiger partial charge in [-0.05, 0) is 48.0 Å². The summed E-state index contributed by atoms with van der Waals surface area (Å²) in [7, 11) is 0. The molecule has 0 aliphatic rings. The third kappa shape index (κ3) is 3.53. The number of carboxylic acid groups (broad SMARTS) is 1. The summed E-state index contributed by atoms with van der Waals surface area (Å²) < 4.78 is 0. The number of nitriles is 1. The summed E-state index contributed by atoms with van der Waals surface area (Å²) in [6.45, 7) is 0. The molecule has 5 heteroatoms. The number of carboxylic acids is 1. The summed E-state index contributed by atoms with van der Waals surface area (Å²) in [5, 5.41) is 27.1. The molecule has 0 aliphatic heterocycles. The Labute approximate surface area is 120 Å². The van der Waals surface area contributed by atoms with Crippen LogP contribution in [0.15, 0.2) is 52.3 Å². The minimum atomic E-state index is -0.947. The zero-order chi connectivity index (χ0) is 14.5. The molecule has 0 aliphatic carbocycles. The molecule has 2 rings (SSSR count). The molecule has 0 saturated carbocycles. The van der Waals surface area contributed by atoms with Crippen molar-refractivity contribution in [3.8, 4) is 11.8 Å². The molecule has 0 saturated heterocycles. The maximum absolute atomic E-state index is 10.8. The van der Waals surface area contributed by atoms with Crippen LogP contribution in [0.25, 0.3) is 0 Å². The molecule has 0 unspecified atom stereocenters. The molecular formula is C15H11NO3S. The lowest BCUT2D eigenvalue weighted by Gasteiger charge is -2.08. The van der Waals surface area contributed by atoms with Crippen LogP contribution in [0.3, 0.4) is 0 Å². The van der Waals surface area contributed by atoms with Crippen LogP contribution in [0.4, 0.5) is 0 Å². The minimum absolute atomic E-state index is 0.0467. The molecule has 0 spiro atoms. The number of benzene rings is 2. The number of aromatic hydroxyl groups is 1. The van der Waals surface area contributed by atoms with Gasteiger partial charge in [0.25, 0.3) is 0 Å². The Morgan fingerprint density at radius 2 is 1.90 bits per heavy atom. The number of hydrogen-bond donors (Lipinski definition) is 2. The topological polar surface area (TPSA) is 81.3 Å². The first-order chi connectivity index (χ1) is 9.58. The molecule has 2 aromatic rings. The molecule has 20 heavy (non-hydrogen) atoms. The van der Waals surface area contributed by atoms with E-state index in [2.05, 4.69) is 0 Å². The maximum Gasteiger partial charge on any atom is 0.307 e. The Hall–Kier alpha value is -2.45. The molecular weight excluding hydrogens is 274 g/mol. The van der Waals surface area contributed by atoms with Crippen LogP contribution in [0.2, 0.25) is 0 Å². The molecule has 0 atom stereocenters. The van der Waals surface area contributed by atoms with E-state index in [1.54, 1.807) is 30.3 Å². The fourth-order valence-electron chi connectivity index (χ4n) is 1.69. The first-order valence-electron chi connectivity index (χ1n) is 5.80. The van der Waals surface area contributed by atoms with Gasteiger partial charge in [0.1, 0.15) is 5.75 Å². The van der Waals surface area contributed by atoms with Crippen molar-refractivity contribution in [1.29, 1.82) is 5.26 Å². The quantitative estimate of drug-likeness (QED) is 0.902. The van der Waals surface area contributed by atoms with E-state index in [-0.39, 0.29) is 12.2 Å². The van der Waals surface area contributed by atoms with Gasteiger partial charge in [-0.15, -0.1) is 0 Å². The van der Waals surface area contributed by atoms with Crippen molar-refractivity contribution >= 4 is 17.7 Å².